The van der Waals surface area contributed by atoms with Gasteiger partial charge in [-0.05, 0) is 24.6 Å². The highest BCUT2D eigenvalue weighted by atomic mass is 16.3. The second-order valence-corrected chi connectivity index (χ2v) is 2.86. The monoisotopic (exact) mass is 167 g/mol. The molecule has 0 spiro atoms. The van der Waals surface area contributed by atoms with Crippen molar-refractivity contribution in [2.24, 2.45) is 5.73 Å². The predicted molar refractivity (Wildman–Crippen MR) is 46.7 cm³/mol. The van der Waals surface area contributed by atoms with Crippen LogP contribution in [0.2, 0.25) is 0 Å². The SMILES string of the molecule is C[C@@H](O)[C@@H](N)c1ccc(O)cc1. The molecule has 0 fully saturated rings. The van der Waals surface area contributed by atoms with Gasteiger partial charge in [-0.1, -0.05) is 12.1 Å². The molecule has 0 saturated heterocycles. The number of hydrogen-bond donors (Lipinski definition) is 3. The molecule has 0 amide bonds. The molecule has 0 radical (unpaired) electrons. The molecule has 0 aromatic heterocycles. The molecule has 0 aliphatic carbocycles. The summed E-state index contributed by atoms with van der Waals surface area (Å²) in [4.78, 5) is 0. The molecule has 1 rings (SSSR count). The van der Waals surface area contributed by atoms with Gasteiger partial charge in [0.15, 0.2) is 0 Å². The molecule has 0 heterocycles. The van der Waals surface area contributed by atoms with Crippen molar-refractivity contribution < 1.29 is 10.2 Å². The molecule has 0 saturated carbocycles. The number of hydrogen-bond acceptors (Lipinski definition) is 3. The zero-order valence-electron chi connectivity index (χ0n) is 6.94. The lowest BCUT2D eigenvalue weighted by atomic mass is 10.0. The van der Waals surface area contributed by atoms with Gasteiger partial charge in [-0.3, -0.25) is 0 Å². The summed E-state index contributed by atoms with van der Waals surface area (Å²) in [5.74, 6) is 0.205. The molecule has 3 heteroatoms. The third kappa shape index (κ3) is 1.96. The number of phenols is 1. The van der Waals surface area contributed by atoms with Crippen LogP contribution in [0, 0.1) is 0 Å². The summed E-state index contributed by atoms with van der Waals surface area (Å²) in [6, 6.07) is 6.12. The fourth-order valence-corrected chi connectivity index (χ4v) is 0.975. The van der Waals surface area contributed by atoms with E-state index in [1.54, 1.807) is 31.2 Å². The van der Waals surface area contributed by atoms with Crippen LogP contribution < -0.4 is 5.73 Å². The molecule has 3 nitrogen and oxygen atoms in total. The Balaban J connectivity index is 2.82. The summed E-state index contributed by atoms with van der Waals surface area (Å²) in [6.07, 6.45) is -0.574. The van der Waals surface area contributed by atoms with Crippen molar-refractivity contribution in [3.8, 4) is 5.75 Å². The van der Waals surface area contributed by atoms with Gasteiger partial charge in [0.2, 0.25) is 0 Å². The second kappa shape index (κ2) is 3.56. The molecular weight excluding hydrogens is 154 g/mol. The lowest BCUT2D eigenvalue weighted by Gasteiger charge is -2.14. The first-order valence-corrected chi connectivity index (χ1v) is 3.84. The zero-order chi connectivity index (χ0) is 9.14. The first-order chi connectivity index (χ1) is 5.61. The number of aliphatic hydroxyl groups is 1. The predicted octanol–water partition coefficient (Wildman–Crippen LogP) is 0.773. The van der Waals surface area contributed by atoms with Crippen LogP contribution in [-0.2, 0) is 0 Å². The Labute approximate surface area is 71.5 Å². The Morgan fingerprint density at radius 3 is 2.17 bits per heavy atom. The Bertz CT molecular complexity index is 243. The van der Waals surface area contributed by atoms with Gasteiger partial charge in [0.1, 0.15) is 5.75 Å². The molecule has 1 aromatic rings. The van der Waals surface area contributed by atoms with Crippen molar-refractivity contribution in [3.63, 3.8) is 0 Å². The van der Waals surface area contributed by atoms with E-state index in [2.05, 4.69) is 0 Å². The second-order valence-electron chi connectivity index (χ2n) is 2.86. The van der Waals surface area contributed by atoms with Crippen molar-refractivity contribution in [1.29, 1.82) is 0 Å². The standard InChI is InChI=1S/C9H13NO2/c1-6(11)9(10)7-2-4-8(12)5-3-7/h2-6,9,11-12H,10H2,1H3/t6-,9-/m1/s1. The van der Waals surface area contributed by atoms with Gasteiger partial charge in [-0.2, -0.15) is 0 Å². The van der Waals surface area contributed by atoms with Crippen LogP contribution in [0.4, 0.5) is 0 Å². The molecular formula is C9H13NO2. The summed E-state index contributed by atoms with van der Waals surface area (Å²) < 4.78 is 0. The average molecular weight is 167 g/mol. The van der Waals surface area contributed by atoms with E-state index in [1.807, 2.05) is 0 Å². The minimum absolute atomic E-state index is 0.205. The van der Waals surface area contributed by atoms with Crippen molar-refractivity contribution in [1.82, 2.24) is 0 Å². The van der Waals surface area contributed by atoms with Crippen LogP contribution in [0.3, 0.4) is 0 Å². The summed E-state index contributed by atoms with van der Waals surface area (Å²) in [5.41, 5.74) is 6.48. The number of nitrogens with two attached hydrogens (primary N) is 1. The first kappa shape index (κ1) is 9.03. The number of aromatic hydroxyl groups is 1. The molecule has 4 N–H and O–H groups in total. The van der Waals surface area contributed by atoms with E-state index in [4.69, 9.17) is 15.9 Å². The molecule has 0 aliphatic rings. The van der Waals surface area contributed by atoms with Gasteiger partial charge >= 0.3 is 0 Å². The van der Waals surface area contributed by atoms with Gasteiger partial charge in [-0.15, -0.1) is 0 Å². The lowest BCUT2D eigenvalue weighted by molar-refractivity contribution is 0.164. The Hall–Kier alpha value is -1.06. The largest absolute Gasteiger partial charge is 0.508 e. The van der Waals surface area contributed by atoms with Crippen LogP contribution in [0.1, 0.15) is 18.5 Å². The maximum Gasteiger partial charge on any atom is 0.115 e. The molecule has 0 bridgehead atoms. The Morgan fingerprint density at radius 1 is 1.25 bits per heavy atom. The zero-order valence-corrected chi connectivity index (χ0v) is 6.94. The van der Waals surface area contributed by atoms with E-state index in [1.165, 1.54) is 0 Å². The van der Waals surface area contributed by atoms with Gasteiger partial charge in [0, 0.05) is 0 Å². The van der Waals surface area contributed by atoms with E-state index in [0.29, 0.717) is 0 Å². The maximum absolute atomic E-state index is 9.16. The Kier molecular flexibility index (Phi) is 2.68. The summed E-state index contributed by atoms with van der Waals surface area (Å²) in [5, 5.41) is 18.1. The van der Waals surface area contributed by atoms with Crippen molar-refractivity contribution in [3.05, 3.63) is 29.8 Å². The normalized spacial score (nSPS) is 15.6. The third-order valence-corrected chi connectivity index (χ3v) is 1.80. The number of rotatable bonds is 2. The molecule has 66 valence electrons. The van der Waals surface area contributed by atoms with Gasteiger partial charge in [0.05, 0.1) is 12.1 Å². The Morgan fingerprint density at radius 2 is 1.75 bits per heavy atom. The summed E-state index contributed by atoms with van der Waals surface area (Å²) in [7, 11) is 0. The van der Waals surface area contributed by atoms with E-state index < -0.39 is 6.10 Å². The quantitative estimate of drug-likeness (QED) is 0.609. The van der Waals surface area contributed by atoms with Crippen LogP contribution in [0.15, 0.2) is 24.3 Å². The van der Waals surface area contributed by atoms with Gasteiger partial charge < -0.3 is 15.9 Å². The molecule has 0 unspecified atom stereocenters. The maximum atomic E-state index is 9.16. The lowest BCUT2D eigenvalue weighted by Crippen LogP contribution is -2.22. The van der Waals surface area contributed by atoms with E-state index in [0.717, 1.165) is 5.56 Å². The van der Waals surface area contributed by atoms with Gasteiger partial charge in [-0.25, -0.2) is 0 Å². The number of aliphatic hydroxyl groups excluding tert-OH is 1. The molecule has 1 aromatic carbocycles. The van der Waals surface area contributed by atoms with E-state index >= 15 is 0 Å². The average Bonchev–Trinajstić information content (AvgIpc) is 2.04. The minimum Gasteiger partial charge on any atom is -0.508 e. The molecule has 0 aliphatic heterocycles. The fourth-order valence-electron chi connectivity index (χ4n) is 0.975. The van der Waals surface area contributed by atoms with Crippen LogP contribution in [0.5, 0.6) is 5.75 Å². The van der Waals surface area contributed by atoms with Gasteiger partial charge in [0.25, 0.3) is 0 Å². The van der Waals surface area contributed by atoms with Crippen LogP contribution in [0.25, 0.3) is 0 Å². The summed E-state index contributed by atoms with van der Waals surface area (Å²) >= 11 is 0. The highest BCUT2D eigenvalue weighted by molar-refractivity contribution is 5.28. The van der Waals surface area contributed by atoms with Crippen molar-refractivity contribution >= 4 is 0 Å². The van der Waals surface area contributed by atoms with Crippen LogP contribution >= 0.6 is 0 Å². The highest BCUT2D eigenvalue weighted by Gasteiger charge is 2.10. The first-order valence-electron chi connectivity index (χ1n) is 3.84. The van der Waals surface area contributed by atoms with E-state index in [9.17, 15) is 0 Å². The minimum atomic E-state index is -0.574. The summed E-state index contributed by atoms with van der Waals surface area (Å²) in [6.45, 7) is 1.64. The number of benzene rings is 1. The van der Waals surface area contributed by atoms with Crippen LogP contribution in [-0.4, -0.2) is 16.3 Å². The van der Waals surface area contributed by atoms with Crippen molar-refractivity contribution in [2.75, 3.05) is 0 Å². The third-order valence-electron chi connectivity index (χ3n) is 1.80. The topological polar surface area (TPSA) is 66.5 Å². The number of phenolic OH excluding ortho intramolecular Hbond substituents is 1. The fraction of sp³-hybridized carbons (Fsp3) is 0.333. The highest BCUT2D eigenvalue weighted by Crippen LogP contribution is 2.17. The smallest absolute Gasteiger partial charge is 0.115 e. The molecule has 2 atom stereocenters. The molecule has 12 heavy (non-hydrogen) atoms. The van der Waals surface area contributed by atoms with E-state index in [-0.39, 0.29) is 11.8 Å². The van der Waals surface area contributed by atoms with Crippen molar-refractivity contribution in [2.45, 2.75) is 19.1 Å².